The molecule has 4 heteroatoms. The summed E-state index contributed by atoms with van der Waals surface area (Å²) in [6.45, 7) is 6.33. The number of hydrogen-bond acceptors (Lipinski definition) is 3. The van der Waals surface area contributed by atoms with Crippen LogP contribution in [0.25, 0.3) is 0 Å². The highest BCUT2D eigenvalue weighted by atomic mass is 16.5. The molecule has 3 rings (SSSR count). The highest BCUT2D eigenvalue weighted by Crippen LogP contribution is 2.22. The van der Waals surface area contributed by atoms with Crippen molar-refractivity contribution in [1.82, 2.24) is 9.80 Å². The summed E-state index contributed by atoms with van der Waals surface area (Å²) in [5.41, 5.74) is 1.27. The zero-order valence-corrected chi connectivity index (χ0v) is 14.3. The molecule has 4 nitrogen and oxygen atoms in total. The molecule has 0 aromatic heterocycles. The molecule has 23 heavy (non-hydrogen) atoms. The Labute approximate surface area is 139 Å². The van der Waals surface area contributed by atoms with Crippen molar-refractivity contribution in [2.45, 2.75) is 38.7 Å². The molecule has 2 heterocycles. The maximum absolute atomic E-state index is 11.6. The average Bonchev–Trinajstić information content (AvgIpc) is 2.55. The van der Waals surface area contributed by atoms with Gasteiger partial charge in [-0.15, -0.1) is 0 Å². The lowest BCUT2D eigenvalue weighted by Gasteiger charge is -2.37. The van der Waals surface area contributed by atoms with Crippen molar-refractivity contribution in [3.05, 3.63) is 29.8 Å². The van der Waals surface area contributed by atoms with E-state index in [1.54, 1.807) is 0 Å². The van der Waals surface area contributed by atoms with E-state index in [1.165, 1.54) is 5.56 Å². The van der Waals surface area contributed by atoms with Gasteiger partial charge in [-0.3, -0.25) is 4.79 Å². The molecule has 2 aliphatic rings. The fraction of sp³-hybridized carbons (Fsp3) is 0.632. The zero-order chi connectivity index (χ0) is 16.2. The van der Waals surface area contributed by atoms with Gasteiger partial charge in [0.05, 0.1) is 0 Å². The summed E-state index contributed by atoms with van der Waals surface area (Å²) in [7, 11) is 1.93. The van der Waals surface area contributed by atoms with E-state index in [0.29, 0.717) is 24.3 Å². The standard InChI is InChI=1S/C19H28N2O2/c1-15-3-6-17(7-4-15)23-18-9-11-21(12-10-18)14-16-5-8-19(22)20(2)13-16/h3-4,6-7,16,18H,5,8-14H2,1-2H3. The lowest BCUT2D eigenvalue weighted by Crippen LogP contribution is -2.45. The normalized spacial score (nSPS) is 24.0. The summed E-state index contributed by atoms with van der Waals surface area (Å²) in [4.78, 5) is 16.0. The van der Waals surface area contributed by atoms with Gasteiger partial charge in [0.1, 0.15) is 11.9 Å². The SMILES string of the molecule is Cc1ccc(OC2CCN(CC3CCC(=O)N(C)C3)CC2)cc1. The Morgan fingerprint density at radius 3 is 2.48 bits per heavy atom. The van der Waals surface area contributed by atoms with Crippen molar-refractivity contribution >= 4 is 5.91 Å². The fourth-order valence-electron chi connectivity index (χ4n) is 3.63. The molecule has 1 aromatic carbocycles. The number of piperidine rings is 2. The molecule has 2 saturated heterocycles. The summed E-state index contributed by atoms with van der Waals surface area (Å²) in [6, 6.07) is 8.34. The predicted octanol–water partition coefficient (Wildman–Crippen LogP) is 2.71. The van der Waals surface area contributed by atoms with Gasteiger partial charge in [-0.25, -0.2) is 0 Å². The van der Waals surface area contributed by atoms with Gasteiger partial charge in [0.2, 0.25) is 5.91 Å². The molecule has 0 saturated carbocycles. The fourth-order valence-corrected chi connectivity index (χ4v) is 3.63. The first-order valence-electron chi connectivity index (χ1n) is 8.80. The van der Waals surface area contributed by atoms with E-state index >= 15 is 0 Å². The first-order chi connectivity index (χ1) is 11.1. The topological polar surface area (TPSA) is 32.8 Å². The van der Waals surface area contributed by atoms with Gasteiger partial charge in [0.15, 0.2) is 0 Å². The van der Waals surface area contributed by atoms with E-state index in [0.717, 1.165) is 51.2 Å². The third kappa shape index (κ3) is 4.47. The molecule has 0 radical (unpaired) electrons. The van der Waals surface area contributed by atoms with Crippen LogP contribution in [0.3, 0.4) is 0 Å². The number of ether oxygens (including phenoxy) is 1. The van der Waals surface area contributed by atoms with E-state index in [1.807, 2.05) is 11.9 Å². The third-order valence-corrected chi connectivity index (χ3v) is 5.10. The number of likely N-dealkylation sites (tertiary alicyclic amines) is 2. The number of rotatable bonds is 4. The predicted molar refractivity (Wildman–Crippen MR) is 91.6 cm³/mol. The molecule has 0 aliphatic carbocycles. The number of aryl methyl sites for hydroxylation is 1. The quantitative estimate of drug-likeness (QED) is 0.856. The second kappa shape index (κ2) is 7.35. The molecular formula is C19H28N2O2. The smallest absolute Gasteiger partial charge is 0.222 e. The molecular weight excluding hydrogens is 288 g/mol. The monoisotopic (exact) mass is 316 g/mol. The number of carbonyl (C=O) groups excluding carboxylic acids is 1. The highest BCUT2D eigenvalue weighted by molar-refractivity contribution is 5.76. The zero-order valence-electron chi connectivity index (χ0n) is 14.3. The molecule has 0 N–H and O–H groups in total. The van der Waals surface area contributed by atoms with Crippen LogP contribution in [0.4, 0.5) is 0 Å². The van der Waals surface area contributed by atoms with Crippen LogP contribution < -0.4 is 4.74 Å². The lowest BCUT2D eigenvalue weighted by atomic mass is 9.96. The van der Waals surface area contributed by atoms with E-state index in [-0.39, 0.29) is 0 Å². The van der Waals surface area contributed by atoms with Gasteiger partial charge in [-0.05, 0) is 44.2 Å². The van der Waals surface area contributed by atoms with Gasteiger partial charge < -0.3 is 14.5 Å². The summed E-state index contributed by atoms with van der Waals surface area (Å²) in [5, 5.41) is 0. The summed E-state index contributed by atoms with van der Waals surface area (Å²) < 4.78 is 6.10. The molecule has 0 spiro atoms. The molecule has 1 aromatic rings. The van der Waals surface area contributed by atoms with E-state index < -0.39 is 0 Å². The van der Waals surface area contributed by atoms with Gasteiger partial charge in [-0.2, -0.15) is 0 Å². The number of carbonyl (C=O) groups is 1. The summed E-state index contributed by atoms with van der Waals surface area (Å²) in [5.74, 6) is 1.92. The van der Waals surface area contributed by atoms with Gasteiger partial charge in [0, 0.05) is 39.6 Å². The van der Waals surface area contributed by atoms with E-state index in [4.69, 9.17) is 4.74 Å². The minimum absolute atomic E-state index is 0.298. The number of nitrogens with zero attached hydrogens (tertiary/aromatic N) is 2. The van der Waals surface area contributed by atoms with Crippen LogP contribution in [0.15, 0.2) is 24.3 Å². The second-order valence-corrected chi connectivity index (χ2v) is 7.11. The first-order valence-corrected chi connectivity index (χ1v) is 8.80. The van der Waals surface area contributed by atoms with Crippen molar-refractivity contribution < 1.29 is 9.53 Å². The van der Waals surface area contributed by atoms with Crippen LogP contribution in [0.2, 0.25) is 0 Å². The molecule has 1 atom stereocenters. The molecule has 2 aliphatic heterocycles. The summed E-state index contributed by atoms with van der Waals surface area (Å²) in [6.07, 6.45) is 4.28. The van der Waals surface area contributed by atoms with Crippen LogP contribution in [0.1, 0.15) is 31.2 Å². The first kappa shape index (κ1) is 16.3. The molecule has 1 unspecified atom stereocenters. The number of amides is 1. The van der Waals surface area contributed by atoms with E-state index in [9.17, 15) is 4.79 Å². The van der Waals surface area contributed by atoms with E-state index in [2.05, 4.69) is 36.1 Å². The minimum atomic E-state index is 0.298. The molecule has 126 valence electrons. The molecule has 1 amide bonds. The summed E-state index contributed by atoms with van der Waals surface area (Å²) >= 11 is 0. The Kier molecular flexibility index (Phi) is 5.21. The van der Waals surface area contributed by atoms with Gasteiger partial charge >= 0.3 is 0 Å². The lowest BCUT2D eigenvalue weighted by molar-refractivity contribution is -0.133. The second-order valence-electron chi connectivity index (χ2n) is 7.11. The van der Waals surface area contributed by atoms with Crippen LogP contribution in [0.5, 0.6) is 5.75 Å². The van der Waals surface area contributed by atoms with Crippen molar-refractivity contribution in [3.8, 4) is 5.75 Å². The largest absolute Gasteiger partial charge is 0.490 e. The Morgan fingerprint density at radius 2 is 1.83 bits per heavy atom. The Hall–Kier alpha value is -1.55. The maximum Gasteiger partial charge on any atom is 0.222 e. The van der Waals surface area contributed by atoms with Crippen LogP contribution in [0, 0.1) is 12.8 Å². The minimum Gasteiger partial charge on any atom is -0.490 e. The third-order valence-electron chi connectivity index (χ3n) is 5.10. The van der Waals surface area contributed by atoms with Crippen molar-refractivity contribution in [1.29, 1.82) is 0 Å². The number of hydrogen-bond donors (Lipinski definition) is 0. The number of benzene rings is 1. The maximum atomic E-state index is 11.6. The van der Waals surface area contributed by atoms with Crippen molar-refractivity contribution in [2.75, 3.05) is 33.2 Å². The van der Waals surface area contributed by atoms with Gasteiger partial charge in [0.25, 0.3) is 0 Å². The molecule has 2 fully saturated rings. The Balaban J connectivity index is 1.41. The highest BCUT2D eigenvalue weighted by Gasteiger charge is 2.27. The Bertz CT molecular complexity index is 521. The van der Waals surface area contributed by atoms with Crippen molar-refractivity contribution in [3.63, 3.8) is 0 Å². The van der Waals surface area contributed by atoms with Crippen LogP contribution in [-0.2, 0) is 4.79 Å². The average molecular weight is 316 g/mol. The van der Waals surface area contributed by atoms with Crippen LogP contribution >= 0.6 is 0 Å². The molecule has 0 bridgehead atoms. The van der Waals surface area contributed by atoms with Crippen molar-refractivity contribution in [2.24, 2.45) is 5.92 Å². The van der Waals surface area contributed by atoms with Crippen LogP contribution in [-0.4, -0.2) is 55.0 Å². The Morgan fingerprint density at radius 1 is 1.13 bits per heavy atom. The van der Waals surface area contributed by atoms with Gasteiger partial charge in [-0.1, -0.05) is 17.7 Å².